The van der Waals surface area contributed by atoms with E-state index in [0.29, 0.717) is 5.56 Å². The highest BCUT2D eigenvalue weighted by molar-refractivity contribution is 6.13. The first-order valence-corrected chi connectivity index (χ1v) is 18.5. The van der Waals surface area contributed by atoms with Gasteiger partial charge in [0.2, 0.25) is 0 Å². The smallest absolute Gasteiger partial charge is 0.135 e. The summed E-state index contributed by atoms with van der Waals surface area (Å²) in [6.07, 6.45) is 0. The Hall–Kier alpha value is -7.55. The minimum Gasteiger partial charge on any atom is -0.456 e. The third-order valence-corrected chi connectivity index (χ3v) is 11.4. The van der Waals surface area contributed by atoms with Crippen molar-refractivity contribution >= 4 is 87.5 Å². The van der Waals surface area contributed by atoms with Crippen LogP contribution in [0, 0.1) is 18.3 Å². The normalized spacial score (nSPS) is 12.1. The summed E-state index contributed by atoms with van der Waals surface area (Å²) >= 11 is 0. The maximum absolute atomic E-state index is 9.77. The Morgan fingerprint density at radius 2 is 0.855 bits per heavy atom. The lowest BCUT2D eigenvalue weighted by Gasteiger charge is -2.09. The third kappa shape index (κ3) is 4.28. The van der Waals surface area contributed by atoms with E-state index in [1.807, 2.05) is 12.1 Å². The van der Waals surface area contributed by atoms with Crippen LogP contribution in [-0.4, -0.2) is 9.13 Å². The summed E-state index contributed by atoms with van der Waals surface area (Å²) in [5.74, 6) is 0. The van der Waals surface area contributed by atoms with Gasteiger partial charge in [0.1, 0.15) is 22.3 Å². The van der Waals surface area contributed by atoms with Crippen LogP contribution in [0.1, 0.15) is 11.1 Å². The van der Waals surface area contributed by atoms with E-state index in [4.69, 9.17) is 8.83 Å². The lowest BCUT2D eigenvalue weighted by Crippen LogP contribution is -1.94. The zero-order chi connectivity index (χ0) is 36.4. The van der Waals surface area contributed by atoms with Crippen molar-refractivity contribution in [3.63, 3.8) is 0 Å². The Bertz CT molecular complexity index is 3590. The number of nitrogens with zero attached hydrogens (tertiary/aromatic N) is 3. The number of aryl methyl sites for hydroxylation is 1. The molecule has 12 rings (SSSR count). The molecule has 0 aliphatic carbocycles. The highest BCUT2D eigenvalue weighted by Gasteiger charge is 2.18. The number of para-hydroxylation sites is 2. The second-order valence-electron chi connectivity index (χ2n) is 14.6. The highest BCUT2D eigenvalue weighted by atomic mass is 16.3. The Balaban J connectivity index is 1.02. The number of nitriles is 1. The van der Waals surface area contributed by atoms with Gasteiger partial charge in [0.25, 0.3) is 0 Å². The topological polar surface area (TPSA) is 59.9 Å². The van der Waals surface area contributed by atoms with Gasteiger partial charge in [-0.05, 0) is 115 Å². The zero-order valence-corrected chi connectivity index (χ0v) is 29.7. The number of hydrogen-bond donors (Lipinski definition) is 0. The predicted octanol–water partition coefficient (Wildman–Crippen LogP) is 13.5. The van der Waals surface area contributed by atoms with Crippen LogP contribution in [0.5, 0.6) is 0 Å². The fourth-order valence-electron chi connectivity index (χ4n) is 8.85. The fraction of sp³-hybridized carbons (Fsp3) is 0.0200. The van der Waals surface area contributed by atoms with E-state index in [2.05, 4.69) is 168 Å². The molecule has 0 aliphatic heterocycles. The summed E-state index contributed by atoms with van der Waals surface area (Å²) < 4.78 is 17.4. The molecule has 4 heterocycles. The van der Waals surface area contributed by atoms with Crippen LogP contribution in [-0.2, 0) is 0 Å². The van der Waals surface area contributed by atoms with Gasteiger partial charge in [0.05, 0.1) is 33.7 Å². The van der Waals surface area contributed by atoms with Crippen molar-refractivity contribution in [1.29, 1.82) is 5.26 Å². The highest BCUT2D eigenvalue weighted by Crippen LogP contribution is 2.40. The molecule has 55 heavy (non-hydrogen) atoms. The van der Waals surface area contributed by atoms with Gasteiger partial charge in [0, 0.05) is 54.5 Å². The van der Waals surface area contributed by atoms with E-state index in [-0.39, 0.29) is 0 Å². The second kappa shape index (κ2) is 11.0. The number of hydrogen-bond acceptors (Lipinski definition) is 3. The number of aromatic nitrogens is 2. The molecule has 4 aromatic heterocycles. The second-order valence-corrected chi connectivity index (χ2v) is 14.6. The molecule has 0 amide bonds. The first-order valence-electron chi connectivity index (χ1n) is 18.5. The van der Waals surface area contributed by atoms with E-state index in [9.17, 15) is 5.26 Å². The van der Waals surface area contributed by atoms with Gasteiger partial charge in [0.15, 0.2) is 0 Å². The molecular weight excluding hydrogens is 675 g/mol. The van der Waals surface area contributed by atoms with Crippen LogP contribution in [0.25, 0.3) is 110 Å². The van der Waals surface area contributed by atoms with Crippen LogP contribution < -0.4 is 0 Å². The number of fused-ring (bicyclic) bond motifs is 12. The molecule has 0 N–H and O–H groups in total. The zero-order valence-electron chi connectivity index (χ0n) is 29.7. The molecule has 5 nitrogen and oxygen atoms in total. The Morgan fingerprint density at radius 3 is 1.42 bits per heavy atom. The summed E-state index contributed by atoms with van der Waals surface area (Å²) in [6.45, 7) is 2.12. The summed E-state index contributed by atoms with van der Waals surface area (Å²) in [7, 11) is 0. The molecule has 0 aliphatic rings. The average molecular weight is 704 g/mol. The van der Waals surface area contributed by atoms with Crippen LogP contribution >= 0.6 is 0 Å². The summed E-state index contributed by atoms with van der Waals surface area (Å²) in [4.78, 5) is 0. The molecule has 0 bridgehead atoms. The fourth-order valence-corrected chi connectivity index (χ4v) is 8.85. The Morgan fingerprint density at radius 1 is 0.400 bits per heavy atom. The number of rotatable bonds is 3. The van der Waals surface area contributed by atoms with E-state index in [0.717, 1.165) is 88.2 Å². The van der Waals surface area contributed by atoms with E-state index in [1.165, 1.54) is 27.4 Å². The number of furan rings is 2. The predicted molar refractivity (Wildman–Crippen MR) is 225 cm³/mol. The quantitative estimate of drug-likeness (QED) is 0.184. The monoisotopic (exact) mass is 703 g/mol. The number of benzene rings is 8. The van der Waals surface area contributed by atoms with Gasteiger partial charge < -0.3 is 18.0 Å². The summed E-state index contributed by atoms with van der Waals surface area (Å²) in [5.41, 5.74) is 14.0. The standard InChI is InChI=1S/C50H29N3O2/c1-29-10-16-37-38-17-11-30(28-51)23-46(38)53(45(37)22-29)34-15-21-50-42(27-34)40-25-32(13-19-48(40)55-50)31-12-18-47-39(24-31)41-26-33(14-20-49(41)54-47)52-43-8-4-2-6-35(43)36-7-3-5-9-44(36)52/h2-27H,1H3. The molecule has 0 saturated carbocycles. The third-order valence-electron chi connectivity index (χ3n) is 11.4. The van der Waals surface area contributed by atoms with Gasteiger partial charge in [-0.2, -0.15) is 5.26 Å². The van der Waals surface area contributed by atoms with Crippen LogP contribution in [0.3, 0.4) is 0 Å². The summed E-state index contributed by atoms with van der Waals surface area (Å²) in [5, 5.41) is 18.8. The van der Waals surface area contributed by atoms with Gasteiger partial charge in [-0.15, -0.1) is 0 Å². The molecule has 0 atom stereocenters. The molecule has 0 saturated heterocycles. The van der Waals surface area contributed by atoms with Crippen molar-refractivity contribution in [2.45, 2.75) is 6.92 Å². The van der Waals surface area contributed by atoms with Crippen molar-refractivity contribution < 1.29 is 8.83 Å². The first kappa shape index (κ1) is 30.0. The molecule has 0 spiro atoms. The van der Waals surface area contributed by atoms with Crippen LogP contribution in [0.2, 0.25) is 0 Å². The van der Waals surface area contributed by atoms with Crippen LogP contribution in [0.15, 0.2) is 167 Å². The Kier molecular flexibility index (Phi) is 5.99. The molecular formula is C50H29N3O2. The van der Waals surface area contributed by atoms with Crippen LogP contribution in [0.4, 0.5) is 0 Å². The Labute approximate surface area is 314 Å². The minimum atomic E-state index is 0.637. The maximum Gasteiger partial charge on any atom is 0.135 e. The van der Waals surface area contributed by atoms with Crippen molar-refractivity contribution in [3.05, 3.63) is 169 Å². The average Bonchev–Trinajstić information content (AvgIpc) is 3.97. The van der Waals surface area contributed by atoms with Crippen molar-refractivity contribution in [1.82, 2.24) is 9.13 Å². The lowest BCUT2D eigenvalue weighted by molar-refractivity contribution is 0.668. The van der Waals surface area contributed by atoms with Gasteiger partial charge in [-0.25, -0.2) is 0 Å². The van der Waals surface area contributed by atoms with Crippen molar-refractivity contribution in [2.75, 3.05) is 0 Å². The molecule has 256 valence electrons. The molecule has 0 radical (unpaired) electrons. The van der Waals surface area contributed by atoms with E-state index < -0.39 is 0 Å². The van der Waals surface area contributed by atoms with E-state index >= 15 is 0 Å². The summed E-state index contributed by atoms with van der Waals surface area (Å²) in [6, 6.07) is 57.8. The molecule has 0 fully saturated rings. The molecule has 8 aromatic carbocycles. The lowest BCUT2D eigenvalue weighted by atomic mass is 10.0. The van der Waals surface area contributed by atoms with Gasteiger partial charge in [-0.3, -0.25) is 0 Å². The molecule has 5 heteroatoms. The SMILES string of the molecule is Cc1ccc2c3ccc(C#N)cc3n(-c3ccc4oc5ccc(-c6ccc7oc8ccc(-n9c%10ccccc%10c%10ccccc%109)cc8c7c6)cc5c4c3)c2c1. The van der Waals surface area contributed by atoms with Crippen molar-refractivity contribution in [2.24, 2.45) is 0 Å². The molecule has 12 aromatic rings. The minimum absolute atomic E-state index is 0.637. The molecule has 0 unspecified atom stereocenters. The first-order chi connectivity index (χ1) is 27.1. The largest absolute Gasteiger partial charge is 0.456 e. The van der Waals surface area contributed by atoms with Gasteiger partial charge in [-0.1, -0.05) is 66.7 Å². The maximum atomic E-state index is 9.77. The van der Waals surface area contributed by atoms with E-state index in [1.54, 1.807) is 0 Å². The van der Waals surface area contributed by atoms with Gasteiger partial charge >= 0.3 is 0 Å². The van der Waals surface area contributed by atoms with Crippen molar-refractivity contribution in [3.8, 4) is 28.6 Å².